The molecule has 6 heteroatoms. The number of aliphatic hydroxyl groups is 1. The second-order valence-corrected chi connectivity index (χ2v) is 6.25. The van der Waals surface area contributed by atoms with Gasteiger partial charge in [-0.05, 0) is 17.5 Å². The van der Waals surface area contributed by atoms with Gasteiger partial charge in [-0.15, -0.1) is 0 Å². The lowest BCUT2D eigenvalue weighted by Crippen LogP contribution is -2.42. The zero-order valence-electron chi connectivity index (χ0n) is 13.7. The van der Waals surface area contributed by atoms with Gasteiger partial charge in [0.1, 0.15) is 5.82 Å². The number of benzene rings is 1. The number of β-amino-alcohol motifs (C(OH)–C–C–N with tert-alkyl or cyclic N) is 1. The van der Waals surface area contributed by atoms with Crippen molar-refractivity contribution in [2.24, 2.45) is 0 Å². The molecule has 128 valence electrons. The molecule has 2 heterocycles. The standard InChI is InChI=1S/C18H24N4O2/c23-16(11-21-18(24)6-5-17-19-8-9-20-17)13-22-10-7-14-3-1-2-4-15(14)12-22/h1-4,8-9,16,23H,5-7,10-13H2,(H,19,20)(H,21,24). The number of carbonyl (C=O) groups is 1. The number of nitrogens with one attached hydrogen (secondary N) is 2. The van der Waals surface area contributed by atoms with E-state index in [1.165, 1.54) is 11.1 Å². The number of nitrogens with zero attached hydrogens (tertiary/aromatic N) is 2. The van der Waals surface area contributed by atoms with Crippen molar-refractivity contribution in [3.05, 3.63) is 53.6 Å². The maximum atomic E-state index is 11.8. The van der Waals surface area contributed by atoms with Crippen LogP contribution in [0.1, 0.15) is 23.4 Å². The molecule has 0 bridgehead atoms. The highest BCUT2D eigenvalue weighted by atomic mass is 16.3. The third-order valence-electron chi connectivity index (χ3n) is 4.36. The second-order valence-electron chi connectivity index (χ2n) is 6.25. The molecular weight excluding hydrogens is 304 g/mol. The number of fused-ring (bicyclic) bond motifs is 1. The number of aliphatic hydroxyl groups excluding tert-OH is 1. The molecule has 1 aliphatic heterocycles. The van der Waals surface area contributed by atoms with E-state index in [1.807, 2.05) is 0 Å². The Kier molecular flexibility index (Phi) is 5.61. The second kappa shape index (κ2) is 8.08. The van der Waals surface area contributed by atoms with Crippen LogP contribution in [0.15, 0.2) is 36.7 Å². The summed E-state index contributed by atoms with van der Waals surface area (Å²) in [6.07, 6.45) is 4.83. The van der Waals surface area contributed by atoms with Crippen LogP contribution in [-0.4, -0.2) is 51.6 Å². The highest BCUT2D eigenvalue weighted by molar-refractivity contribution is 5.76. The fourth-order valence-corrected chi connectivity index (χ4v) is 3.06. The van der Waals surface area contributed by atoms with E-state index >= 15 is 0 Å². The van der Waals surface area contributed by atoms with Crippen molar-refractivity contribution in [1.82, 2.24) is 20.2 Å². The molecule has 0 fully saturated rings. The highest BCUT2D eigenvalue weighted by Crippen LogP contribution is 2.18. The lowest BCUT2D eigenvalue weighted by atomic mass is 10.00. The van der Waals surface area contributed by atoms with Crippen LogP contribution in [-0.2, 0) is 24.2 Å². The van der Waals surface area contributed by atoms with Crippen LogP contribution in [0.3, 0.4) is 0 Å². The zero-order chi connectivity index (χ0) is 16.8. The minimum absolute atomic E-state index is 0.0607. The zero-order valence-corrected chi connectivity index (χ0v) is 13.7. The van der Waals surface area contributed by atoms with Gasteiger partial charge in [0.25, 0.3) is 0 Å². The van der Waals surface area contributed by atoms with Crippen LogP contribution in [0.5, 0.6) is 0 Å². The third kappa shape index (κ3) is 4.66. The SMILES string of the molecule is O=C(CCc1ncc[nH]1)NCC(O)CN1CCc2ccccc2C1. The Morgan fingerprint density at radius 3 is 3.00 bits per heavy atom. The summed E-state index contributed by atoms with van der Waals surface area (Å²) in [5.41, 5.74) is 2.73. The van der Waals surface area contributed by atoms with E-state index in [1.54, 1.807) is 12.4 Å². The largest absolute Gasteiger partial charge is 0.390 e. The molecule has 1 aliphatic rings. The van der Waals surface area contributed by atoms with Crippen LogP contribution in [0.2, 0.25) is 0 Å². The van der Waals surface area contributed by atoms with Crippen molar-refractivity contribution < 1.29 is 9.90 Å². The van der Waals surface area contributed by atoms with Crippen molar-refractivity contribution in [2.75, 3.05) is 19.6 Å². The molecule has 3 rings (SSSR count). The van der Waals surface area contributed by atoms with Crippen molar-refractivity contribution in [2.45, 2.75) is 31.9 Å². The quantitative estimate of drug-likeness (QED) is 0.705. The summed E-state index contributed by atoms with van der Waals surface area (Å²) in [5.74, 6) is 0.743. The maximum absolute atomic E-state index is 11.8. The van der Waals surface area contributed by atoms with Gasteiger partial charge in [-0.25, -0.2) is 4.98 Å². The average Bonchev–Trinajstić information content (AvgIpc) is 3.11. The molecule has 1 aromatic carbocycles. The molecule has 0 radical (unpaired) electrons. The summed E-state index contributed by atoms with van der Waals surface area (Å²) < 4.78 is 0. The van der Waals surface area contributed by atoms with Crippen LogP contribution >= 0.6 is 0 Å². The Morgan fingerprint density at radius 1 is 1.38 bits per heavy atom. The van der Waals surface area contributed by atoms with Gasteiger partial charge in [-0.2, -0.15) is 0 Å². The summed E-state index contributed by atoms with van der Waals surface area (Å²) in [4.78, 5) is 21.1. The summed E-state index contributed by atoms with van der Waals surface area (Å²) in [6, 6.07) is 8.44. The van der Waals surface area contributed by atoms with E-state index in [-0.39, 0.29) is 12.5 Å². The maximum Gasteiger partial charge on any atom is 0.220 e. The number of aromatic nitrogens is 2. The number of aromatic amines is 1. The Morgan fingerprint density at radius 2 is 2.21 bits per heavy atom. The lowest BCUT2D eigenvalue weighted by Gasteiger charge is -2.30. The van der Waals surface area contributed by atoms with Crippen molar-refractivity contribution >= 4 is 5.91 Å². The van der Waals surface area contributed by atoms with Gasteiger partial charge < -0.3 is 15.4 Å². The van der Waals surface area contributed by atoms with E-state index in [0.29, 0.717) is 19.4 Å². The number of hydrogen-bond acceptors (Lipinski definition) is 4. The van der Waals surface area contributed by atoms with Gasteiger partial charge in [0.2, 0.25) is 5.91 Å². The molecule has 1 amide bonds. The van der Waals surface area contributed by atoms with E-state index in [2.05, 4.69) is 44.5 Å². The van der Waals surface area contributed by atoms with Gasteiger partial charge in [0, 0.05) is 51.4 Å². The third-order valence-corrected chi connectivity index (χ3v) is 4.36. The normalized spacial score (nSPS) is 15.7. The predicted molar refractivity (Wildman–Crippen MR) is 91.3 cm³/mol. The number of rotatable bonds is 7. The molecule has 0 saturated heterocycles. The fraction of sp³-hybridized carbons (Fsp3) is 0.444. The van der Waals surface area contributed by atoms with Gasteiger partial charge in [0.15, 0.2) is 0 Å². The van der Waals surface area contributed by atoms with Gasteiger partial charge in [0.05, 0.1) is 6.10 Å². The number of aryl methyl sites for hydroxylation is 1. The summed E-state index contributed by atoms with van der Waals surface area (Å²) in [6.45, 7) is 2.67. The van der Waals surface area contributed by atoms with Crippen molar-refractivity contribution in [3.8, 4) is 0 Å². The monoisotopic (exact) mass is 328 g/mol. The van der Waals surface area contributed by atoms with Crippen LogP contribution < -0.4 is 5.32 Å². The molecule has 3 N–H and O–H groups in total. The summed E-state index contributed by atoms with van der Waals surface area (Å²) in [5, 5.41) is 13.0. The first kappa shape index (κ1) is 16.7. The van der Waals surface area contributed by atoms with E-state index in [4.69, 9.17) is 0 Å². The van der Waals surface area contributed by atoms with E-state index < -0.39 is 6.10 Å². The molecule has 1 aromatic heterocycles. The minimum Gasteiger partial charge on any atom is -0.390 e. The van der Waals surface area contributed by atoms with Gasteiger partial charge in [-0.3, -0.25) is 9.69 Å². The Hall–Kier alpha value is -2.18. The first-order valence-corrected chi connectivity index (χ1v) is 8.43. The summed E-state index contributed by atoms with van der Waals surface area (Å²) >= 11 is 0. The average molecular weight is 328 g/mol. The number of imidazole rings is 1. The molecular formula is C18H24N4O2. The molecule has 0 aliphatic carbocycles. The number of H-pyrrole nitrogens is 1. The van der Waals surface area contributed by atoms with Crippen LogP contribution in [0, 0.1) is 0 Å². The van der Waals surface area contributed by atoms with Crippen LogP contribution in [0.4, 0.5) is 0 Å². The number of amides is 1. The predicted octanol–water partition coefficient (Wildman–Crippen LogP) is 0.878. The van der Waals surface area contributed by atoms with E-state index in [9.17, 15) is 9.90 Å². The summed E-state index contributed by atoms with van der Waals surface area (Å²) in [7, 11) is 0. The van der Waals surface area contributed by atoms with Crippen molar-refractivity contribution in [1.29, 1.82) is 0 Å². The van der Waals surface area contributed by atoms with E-state index in [0.717, 1.165) is 25.3 Å². The van der Waals surface area contributed by atoms with Gasteiger partial charge in [-0.1, -0.05) is 24.3 Å². The Bertz CT molecular complexity index is 657. The molecule has 24 heavy (non-hydrogen) atoms. The number of carbonyl (C=O) groups excluding carboxylic acids is 1. The van der Waals surface area contributed by atoms with Gasteiger partial charge >= 0.3 is 0 Å². The fourth-order valence-electron chi connectivity index (χ4n) is 3.06. The first-order chi connectivity index (χ1) is 11.7. The molecule has 1 atom stereocenters. The van der Waals surface area contributed by atoms with Crippen molar-refractivity contribution in [3.63, 3.8) is 0 Å². The Balaban J connectivity index is 1.37. The smallest absolute Gasteiger partial charge is 0.220 e. The highest BCUT2D eigenvalue weighted by Gasteiger charge is 2.18. The molecule has 6 nitrogen and oxygen atoms in total. The number of hydrogen-bond donors (Lipinski definition) is 3. The van der Waals surface area contributed by atoms with Crippen LogP contribution in [0.25, 0.3) is 0 Å². The lowest BCUT2D eigenvalue weighted by molar-refractivity contribution is -0.121. The first-order valence-electron chi connectivity index (χ1n) is 8.43. The molecule has 1 unspecified atom stereocenters. The minimum atomic E-state index is -0.553. The molecule has 0 spiro atoms. The topological polar surface area (TPSA) is 81.2 Å². The molecule has 2 aromatic rings. The Labute approximate surface area is 141 Å². The molecule has 0 saturated carbocycles.